The van der Waals surface area contributed by atoms with E-state index in [9.17, 15) is 5.11 Å². The van der Waals surface area contributed by atoms with Crippen molar-refractivity contribution in [1.82, 2.24) is 10.6 Å². The summed E-state index contributed by atoms with van der Waals surface area (Å²) in [6, 6.07) is 13.5. The van der Waals surface area contributed by atoms with Crippen LogP contribution in [0.3, 0.4) is 0 Å². The Balaban J connectivity index is 1.96. The number of methoxy groups -OCH3 is 1. The zero-order valence-corrected chi connectivity index (χ0v) is 15.2. The fourth-order valence-electron chi connectivity index (χ4n) is 2.53. The molecular formula is C20H27N3O2. The fourth-order valence-corrected chi connectivity index (χ4v) is 2.53. The number of phenolic OH excluding ortho intramolecular Hbond substituents is 1. The lowest BCUT2D eigenvalue weighted by Gasteiger charge is -2.12. The van der Waals surface area contributed by atoms with Crippen LogP contribution in [-0.4, -0.2) is 31.3 Å². The standard InChI is InChI=1S/C20H27N3O2/c1-4-21-20(22-11-10-16-6-5-7-18(24)13-16)23-14-17-9-8-15(2)12-19(17)25-3/h5-9,12-13,24H,4,10-11,14H2,1-3H3,(H2,21,22,23). The normalized spacial score (nSPS) is 11.2. The Morgan fingerprint density at radius 2 is 2.00 bits per heavy atom. The number of aryl methyl sites for hydroxylation is 1. The van der Waals surface area contributed by atoms with Crippen LogP contribution in [-0.2, 0) is 13.0 Å². The van der Waals surface area contributed by atoms with E-state index in [1.165, 1.54) is 5.56 Å². The maximum absolute atomic E-state index is 9.52. The molecule has 5 nitrogen and oxygen atoms in total. The summed E-state index contributed by atoms with van der Waals surface area (Å²) in [5, 5.41) is 16.1. The molecule has 2 rings (SSSR count). The SMILES string of the molecule is CCNC(=NCc1ccc(C)cc1OC)NCCc1cccc(O)c1. The molecule has 0 radical (unpaired) electrons. The molecule has 25 heavy (non-hydrogen) atoms. The molecule has 0 spiro atoms. The van der Waals surface area contributed by atoms with Crippen LogP contribution in [0.1, 0.15) is 23.6 Å². The quantitative estimate of drug-likeness (QED) is 0.535. The molecule has 0 saturated carbocycles. The van der Waals surface area contributed by atoms with Gasteiger partial charge in [0.05, 0.1) is 13.7 Å². The first-order valence-electron chi connectivity index (χ1n) is 8.56. The molecular weight excluding hydrogens is 314 g/mol. The molecule has 0 bridgehead atoms. The number of ether oxygens (including phenoxy) is 1. The summed E-state index contributed by atoms with van der Waals surface area (Å²) >= 11 is 0. The molecule has 0 atom stereocenters. The number of aromatic hydroxyl groups is 1. The fraction of sp³-hybridized carbons (Fsp3) is 0.350. The largest absolute Gasteiger partial charge is 0.508 e. The second kappa shape index (κ2) is 9.57. The van der Waals surface area contributed by atoms with Crippen molar-refractivity contribution < 1.29 is 9.84 Å². The lowest BCUT2D eigenvalue weighted by molar-refractivity contribution is 0.409. The van der Waals surface area contributed by atoms with E-state index in [1.54, 1.807) is 19.2 Å². The van der Waals surface area contributed by atoms with E-state index >= 15 is 0 Å². The van der Waals surface area contributed by atoms with Crippen molar-refractivity contribution in [3.63, 3.8) is 0 Å². The minimum absolute atomic E-state index is 0.296. The highest BCUT2D eigenvalue weighted by atomic mass is 16.5. The first-order valence-corrected chi connectivity index (χ1v) is 8.56. The number of aliphatic imine (C=N–C) groups is 1. The van der Waals surface area contributed by atoms with E-state index in [0.717, 1.165) is 42.3 Å². The molecule has 0 aromatic heterocycles. The minimum Gasteiger partial charge on any atom is -0.508 e. The van der Waals surface area contributed by atoms with Gasteiger partial charge in [0.15, 0.2) is 5.96 Å². The minimum atomic E-state index is 0.296. The number of phenols is 1. The van der Waals surface area contributed by atoms with Crippen LogP contribution in [0.2, 0.25) is 0 Å². The van der Waals surface area contributed by atoms with Gasteiger partial charge in [-0.05, 0) is 49.6 Å². The molecule has 134 valence electrons. The molecule has 2 aromatic carbocycles. The van der Waals surface area contributed by atoms with E-state index in [0.29, 0.717) is 12.3 Å². The number of nitrogens with zero attached hydrogens (tertiary/aromatic N) is 1. The Bertz CT molecular complexity index is 714. The molecule has 0 unspecified atom stereocenters. The Kier molecular flexibility index (Phi) is 7.14. The Morgan fingerprint density at radius 1 is 1.16 bits per heavy atom. The second-order valence-electron chi connectivity index (χ2n) is 5.86. The highest BCUT2D eigenvalue weighted by Gasteiger charge is 2.04. The first kappa shape index (κ1) is 18.6. The zero-order valence-electron chi connectivity index (χ0n) is 15.2. The third-order valence-electron chi connectivity index (χ3n) is 3.81. The molecule has 5 heteroatoms. The number of benzene rings is 2. The van der Waals surface area contributed by atoms with E-state index in [4.69, 9.17) is 4.74 Å². The van der Waals surface area contributed by atoms with E-state index in [-0.39, 0.29) is 0 Å². The van der Waals surface area contributed by atoms with Crippen LogP contribution in [0.15, 0.2) is 47.5 Å². The lowest BCUT2D eigenvalue weighted by atomic mass is 10.1. The molecule has 0 heterocycles. The third kappa shape index (κ3) is 6.03. The maximum atomic E-state index is 9.52. The van der Waals surface area contributed by atoms with Crippen LogP contribution in [0.5, 0.6) is 11.5 Å². The van der Waals surface area contributed by atoms with E-state index < -0.39 is 0 Å². The maximum Gasteiger partial charge on any atom is 0.191 e. The predicted molar refractivity (Wildman–Crippen MR) is 102 cm³/mol. The molecule has 0 aliphatic heterocycles. The van der Waals surface area contributed by atoms with Gasteiger partial charge in [0, 0.05) is 18.7 Å². The second-order valence-corrected chi connectivity index (χ2v) is 5.86. The van der Waals surface area contributed by atoms with Gasteiger partial charge in [-0.1, -0.05) is 24.3 Å². The number of hydrogen-bond donors (Lipinski definition) is 3. The molecule has 0 aliphatic rings. The smallest absolute Gasteiger partial charge is 0.191 e. The van der Waals surface area contributed by atoms with Crippen molar-refractivity contribution >= 4 is 5.96 Å². The Hall–Kier alpha value is -2.69. The van der Waals surface area contributed by atoms with Crippen LogP contribution < -0.4 is 15.4 Å². The first-order chi connectivity index (χ1) is 12.1. The summed E-state index contributed by atoms with van der Waals surface area (Å²) in [4.78, 5) is 4.64. The summed E-state index contributed by atoms with van der Waals surface area (Å²) < 4.78 is 5.43. The van der Waals surface area contributed by atoms with Gasteiger partial charge >= 0.3 is 0 Å². The van der Waals surface area contributed by atoms with Gasteiger partial charge in [0.1, 0.15) is 11.5 Å². The van der Waals surface area contributed by atoms with Gasteiger partial charge in [0.25, 0.3) is 0 Å². The summed E-state index contributed by atoms with van der Waals surface area (Å²) in [5.74, 6) is 1.93. The van der Waals surface area contributed by atoms with Gasteiger partial charge in [-0.3, -0.25) is 0 Å². The molecule has 0 amide bonds. The molecule has 3 N–H and O–H groups in total. The topological polar surface area (TPSA) is 65.9 Å². The van der Waals surface area contributed by atoms with Crippen molar-refractivity contribution in [3.8, 4) is 11.5 Å². The van der Waals surface area contributed by atoms with E-state index in [2.05, 4.69) is 21.7 Å². The van der Waals surface area contributed by atoms with Crippen LogP contribution in [0, 0.1) is 6.92 Å². The Labute approximate surface area is 149 Å². The summed E-state index contributed by atoms with van der Waals surface area (Å²) in [7, 11) is 1.68. The van der Waals surface area contributed by atoms with Gasteiger partial charge in [0.2, 0.25) is 0 Å². The van der Waals surface area contributed by atoms with Crippen LogP contribution in [0.4, 0.5) is 0 Å². The van der Waals surface area contributed by atoms with Gasteiger partial charge in [-0.15, -0.1) is 0 Å². The van der Waals surface area contributed by atoms with Crippen LogP contribution >= 0.6 is 0 Å². The third-order valence-corrected chi connectivity index (χ3v) is 3.81. The van der Waals surface area contributed by atoms with Crippen LogP contribution in [0.25, 0.3) is 0 Å². The summed E-state index contributed by atoms with van der Waals surface area (Å²) in [6.07, 6.45) is 0.812. The summed E-state index contributed by atoms with van der Waals surface area (Å²) in [5.41, 5.74) is 3.31. The van der Waals surface area contributed by atoms with Crippen molar-refractivity contribution in [1.29, 1.82) is 0 Å². The molecule has 0 fully saturated rings. The van der Waals surface area contributed by atoms with Gasteiger partial charge in [-0.2, -0.15) is 0 Å². The number of nitrogens with one attached hydrogen (secondary N) is 2. The van der Waals surface area contributed by atoms with E-state index in [1.807, 2.05) is 38.1 Å². The lowest BCUT2D eigenvalue weighted by Crippen LogP contribution is -2.38. The van der Waals surface area contributed by atoms with Crippen molar-refractivity contribution in [2.24, 2.45) is 4.99 Å². The highest BCUT2D eigenvalue weighted by molar-refractivity contribution is 5.79. The highest BCUT2D eigenvalue weighted by Crippen LogP contribution is 2.20. The molecule has 2 aromatic rings. The predicted octanol–water partition coefficient (Wildman–Crippen LogP) is 3.01. The Morgan fingerprint density at radius 3 is 2.72 bits per heavy atom. The van der Waals surface area contributed by atoms with Crippen molar-refractivity contribution in [2.45, 2.75) is 26.8 Å². The average molecular weight is 341 g/mol. The van der Waals surface area contributed by atoms with Crippen molar-refractivity contribution in [2.75, 3.05) is 20.2 Å². The monoisotopic (exact) mass is 341 g/mol. The molecule has 0 saturated heterocycles. The van der Waals surface area contributed by atoms with Gasteiger partial charge in [-0.25, -0.2) is 4.99 Å². The zero-order chi connectivity index (χ0) is 18.1. The number of guanidine groups is 1. The van der Waals surface area contributed by atoms with Crippen molar-refractivity contribution in [3.05, 3.63) is 59.2 Å². The number of rotatable bonds is 7. The molecule has 0 aliphatic carbocycles. The average Bonchev–Trinajstić information content (AvgIpc) is 2.60. The van der Waals surface area contributed by atoms with Gasteiger partial charge < -0.3 is 20.5 Å². The summed E-state index contributed by atoms with van der Waals surface area (Å²) in [6.45, 7) is 6.16. The number of hydrogen-bond acceptors (Lipinski definition) is 3.